The van der Waals surface area contributed by atoms with Crippen LogP contribution < -0.4 is 14.8 Å². The third-order valence-electron chi connectivity index (χ3n) is 4.85. The summed E-state index contributed by atoms with van der Waals surface area (Å²) in [6, 6.07) is 8.97. The summed E-state index contributed by atoms with van der Waals surface area (Å²) in [5, 5.41) is 3.41. The number of aryl methyl sites for hydroxylation is 1. The van der Waals surface area contributed by atoms with Crippen LogP contribution in [0.4, 0.5) is 4.39 Å². The van der Waals surface area contributed by atoms with E-state index >= 15 is 0 Å². The average Bonchev–Trinajstić information content (AvgIpc) is 2.99. The van der Waals surface area contributed by atoms with Gasteiger partial charge in [0, 0.05) is 25.9 Å². The van der Waals surface area contributed by atoms with E-state index in [-0.39, 0.29) is 18.1 Å². The number of rotatable bonds is 5. The van der Waals surface area contributed by atoms with Gasteiger partial charge < -0.3 is 19.4 Å². The number of hydrogen-bond donors (Lipinski definition) is 1. The van der Waals surface area contributed by atoms with E-state index in [1.54, 1.807) is 36.7 Å². The molecule has 1 aliphatic rings. The van der Waals surface area contributed by atoms with E-state index in [9.17, 15) is 9.18 Å². The fourth-order valence-electron chi connectivity index (χ4n) is 3.39. The van der Waals surface area contributed by atoms with Crippen molar-refractivity contribution >= 4 is 17.5 Å². The molecule has 0 saturated heterocycles. The molecule has 0 spiro atoms. The highest BCUT2D eigenvalue weighted by molar-refractivity contribution is 6.32. The first-order valence-corrected chi connectivity index (χ1v) is 9.99. The Balaban J connectivity index is 1.56. The highest BCUT2D eigenvalue weighted by Crippen LogP contribution is 2.38. The Hall–Kier alpha value is -3.06. The largest absolute Gasteiger partial charge is 0.489 e. The first-order chi connectivity index (χ1) is 14.5. The zero-order chi connectivity index (χ0) is 21.1. The number of halogens is 2. The fourth-order valence-corrected chi connectivity index (χ4v) is 3.68. The van der Waals surface area contributed by atoms with E-state index in [2.05, 4.69) is 10.3 Å². The lowest BCUT2D eigenvalue weighted by molar-refractivity contribution is -0.121. The van der Waals surface area contributed by atoms with E-state index < -0.39 is 6.04 Å². The van der Waals surface area contributed by atoms with Crippen LogP contribution in [0.2, 0.25) is 5.02 Å². The lowest BCUT2D eigenvalue weighted by Gasteiger charge is -2.19. The highest BCUT2D eigenvalue weighted by atomic mass is 35.5. The van der Waals surface area contributed by atoms with Crippen molar-refractivity contribution in [2.75, 3.05) is 13.2 Å². The van der Waals surface area contributed by atoms with E-state index in [0.717, 1.165) is 12.0 Å². The lowest BCUT2D eigenvalue weighted by atomic mass is 10.0. The molecule has 0 aliphatic carbocycles. The summed E-state index contributed by atoms with van der Waals surface area (Å²) in [6.07, 6.45) is 4.31. The van der Waals surface area contributed by atoms with Crippen LogP contribution in [0, 0.1) is 5.82 Å². The van der Waals surface area contributed by atoms with Gasteiger partial charge >= 0.3 is 0 Å². The maximum Gasteiger partial charge on any atom is 0.225 e. The van der Waals surface area contributed by atoms with E-state index in [0.29, 0.717) is 41.1 Å². The van der Waals surface area contributed by atoms with Crippen LogP contribution in [0.1, 0.15) is 29.4 Å². The van der Waals surface area contributed by atoms with Crippen LogP contribution in [0.25, 0.3) is 0 Å². The Kier molecular flexibility index (Phi) is 5.90. The summed E-state index contributed by atoms with van der Waals surface area (Å²) in [4.78, 5) is 17.2. The second-order valence-electron chi connectivity index (χ2n) is 7.08. The van der Waals surface area contributed by atoms with Crippen molar-refractivity contribution in [1.82, 2.24) is 14.9 Å². The number of amides is 1. The summed E-state index contributed by atoms with van der Waals surface area (Å²) in [5.74, 6) is 1.13. The van der Waals surface area contributed by atoms with Gasteiger partial charge in [0.05, 0.1) is 24.7 Å². The van der Waals surface area contributed by atoms with Gasteiger partial charge in [-0.2, -0.15) is 0 Å². The van der Waals surface area contributed by atoms with Gasteiger partial charge in [-0.3, -0.25) is 4.79 Å². The van der Waals surface area contributed by atoms with Crippen molar-refractivity contribution in [2.24, 2.45) is 7.05 Å². The number of ether oxygens (including phenoxy) is 2. The van der Waals surface area contributed by atoms with Crippen molar-refractivity contribution in [2.45, 2.75) is 18.9 Å². The Labute approximate surface area is 178 Å². The normalized spacial score (nSPS) is 14.1. The Morgan fingerprint density at radius 2 is 2.03 bits per heavy atom. The maximum absolute atomic E-state index is 13.4. The third-order valence-corrected chi connectivity index (χ3v) is 5.13. The number of fused-ring (bicyclic) bond motifs is 1. The maximum atomic E-state index is 13.4. The topological polar surface area (TPSA) is 65.4 Å². The Morgan fingerprint density at radius 1 is 1.27 bits per heavy atom. The summed E-state index contributed by atoms with van der Waals surface area (Å²) < 4.78 is 26.5. The molecule has 2 aromatic carbocycles. The summed E-state index contributed by atoms with van der Waals surface area (Å²) >= 11 is 6.34. The summed E-state index contributed by atoms with van der Waals surface area (Å²) in [7, 11) is 1.84. The van der Waals surface area contributed by atoms with E-state index in [4.69, 9.17) is 21.1 Å². The molecule has 0 saturated carbocycles. The molecule has 8 heteroatoms. The number of imidazole rings is 1. The van der Waals surface area contributed by atoms with Crippen molar-refractivity contribution < 1.29 is 18.7 Å². The van der Waals surface area contributed by atoms with Gasteiger partial charge in [0.1, 0.15) is 17.7 Å². The predicted molar refractivity (Wildman–Crippen MR) is 110 cm³/mol. The van der Waals surface area contributed by atoms with Crippen molar-refractivity contribution in [3.8, 4) is 11.5 Å². The summed E-state index contributed by atoms with van der Waals surface area (Å²) in [5.41, 5.74) is 1.44. The molecule has 156 valence electrons. The number of nitrogens with one attached hydrogen (secondary N) is 1. The molecule has 4 rings (SSSR count). The van der Waals surface area contributed by atoms with Crippen LogP contribution in [-0.4, -0.2) is 28.7 Å². The smallest absolute Gasteiger partial charge is 0.225 e. The molecule has 0 unspecified atom stereocenters. The Morgan fingerprint density at radius 3 is 2.77 bits per heavy atom. The molecule has 3 aromatic rings. The third kappa shape index (κ3) is 4.41. The fraction of sp³-hybridized carbons (Fsp3) is 0.273. The van der Waals surface area contributed by atoms with Crippen LogP contribution in [0.5, 0.6) is 11.5 Å². The number of carbonyl (C=O) groups excluding carboxylic acids is 1. The first kappa shape index (κ1) is 20.2. The summed E-state index contributed by atoms with van der Waals surface area (Å²) in [6.45, 7) is 1.07. The first-order valence-electron chi connectivity index (χ1n) is 9.61. The molecule has 6 nitrogen and oxygen atoms in total. The molecule has 1 aromatic heterocycles. The van der Waals surface area contributed by atoms with Crippen LogP contribution in [0.15, 0.2) is 48.8 Å². The molecular formula is C22H21ClFN3O3. The minimum atomic E-state index is -0.519. The van der Waals surface area contributed by atoms with Gasteiger partial charge in [-0.15, -0.1) is 0 Å². The SMILES string of the molecule is Cn1ccnc1[C@@H](NC(=O)Cc1cc(Cl)c2c(c1)OCCCO2)c1ccc(F)cc1. The molecule has 0 fully saturated rings. The molecule has 2 heterocycles. The quantitative estimate of drug-likeness (QED) is 0.669. The molecule has 0 radical (unpaired) electrons. The van der Waals surface area contributed by atoms with E-state index in [1.165, 1.54) is 12.1 Å². The standard InChI is InChI=1S/C22H21ClFN3O3/c1-27-8-7-25-22(27)20(15-3-5-16(24)6-4-15)26-19(28)13-14-11-17(23)21-18(12-14)29-9-2-10-30-21/h3-8,11-12,20H,2,9-10,13H2,1H3,(H,26,28)/t20-/m0/s1. The predicted octanol–water partition coefficient (Wildman–Crippen LogP) is 3.82. The van der Waals surface area contributed by atoms with Crippen LogP contribution in [-0.2, 0) is 18.3 Å². The number of nitrogens with zero attached hydrogens (tertiary/aromatic N) is 2. The van der Waals surface area contributed by atoms with Crippen molar-refractivity contribution in [3.63, 3.8) is 0 Å². The molecule has 1 atom stereocenters. The average molecular weight is 430 g/mol. The molecule has 1 N–H and O–H groups in total. The second-order valence-corrected chi connectivity index (χ2v) is 7.49. The van der Waals surface area contributed by atoms with Gasteiger partial charge in [0.25, 0.3) is 0 Å². The van der Waals surface area contributed by atoms with E-state index in [1.807, 2.05) is 11.6 Å². The minimum Gasteiger partial charge on any atom is -0.489 e. The van der Waals surface area contributed by atoms with Gasteiger partial charge in [-0.1, -0.05) is 23.7 Å². The number of aromatic nitrogens is 2. The molecule has 1 amide bonds. The van der Waals surface area contributed by atoms with Gasteiger partial charge in [0.15, 0.2) is 11.5 Å². The second kappa shape index (κ2) is 8.75. The molecule has 30 heavy (non-hydrogen) atoms. The lowest BCUT2D eigenvalue weighted by Crippen LogP contribution is -2.32. The van der Waals surface area contributed by atoms with Gasteiger partial charge in [0.2, 0.25) is 5.91 Å². The zero-order valence-electron chi connectivity index (χ0n) is 16.4. The van der Waals surface area contributed by atoms with Gasteiger partial charge in [-0.25, -0.2) is 9.37 Å². The molecule has 1 aliphatic heterocycles. The van der Waals surface area contributed by atoms with Crippen molar-refractivity contribution in [3.05, 3.63) is 76.6 Å². The zero-order valence-corrected chi connectivity index (χ0v) is 17.2. The molecular weight excluding hydrogens is 409 g/mol. The van der Waals surface area contributed by atoms with Crippen LogP contribution in [0.3, 0.4) is 0 Å². The number of benzene rings is 2. The number of carbonyl (C=O) groups is 1. The van der Waals surface area contributed by atoms with Crippen LogP contribution >= 0.6 is 11.6 Å². The number of hydrogen-bond acceptors (Lipinski definition) is 4. The minimum absolute atomic E-state index is 0.0957. The van der Waals surface area contributed by atoms with Crippen molar-refractivity contribution in [1.29, 1.82) is 0 Å². The van der Waals surface area contributed by atoms with Gasteiger partial charge in [-0.05, 0) is 35.4 Å². The highest BCUT2D eigenvalue weighted by Gasteiger charge is 2.22. The Bertz CT molecular complexity index is 1050. The monoisotopic (exact) mass is 429 g/mol. The molecule has 0 bridgehead atoms.